The zero-order valence-electron chi connectivity index (χ0n) is 12.2. The Bertz CT molecular complexity index is 602. The van der Waals surface area contributed by atoms with Gasteiger partial charge in [0.15, 0.2) is 5.82 Å². The minimum atomic E-state index is -0.268. The van der Waals surface area contributed by atoms with E-state index in [0.29, 0.717) is 35.2 Å². The lowest BCUT2D eigenvalue weighted by molar-refractivity contribution is 0.0949. The molecule has 1 amide bonds. The SMILES string of the molecule is CCc1nc(CNC(=O)c2cc(OC)cc(OC)c2)no1. The van der Waals surface area contributed by atoms with Crippen molar-refractivity contribution >= 4 is 5.91 Å². The smallest absolute Gasteiger partial charge is 0.251 e. The first-order valence-corrected chi connectivity index (χ1v) is 6.49. The monoisotopic (exact) mass is 291 g/mol. The highest BCUT2D eigenvalue weighted by Crippen LogP contribution is 2.22. The zero-order valence-corrected chi connectivity index (χ0v) is 12.2. The van der Waals surface area contributed by atoms with E-state index in [9.17, 15) is 4.79 Å². The molecule has 1 N–H and O–H groups in total. The largest absolute Gasteiger partial charge is 0.497 e. The summed E-state index contributed by atoms with van der Waals surface area (Å²) in [4.78, 5) is 16.2. The van der Waals surface area contributed by atoms with E-state index in [1.165, 1.54) is 14.2 Å². The van der Waals surface area contributed by atoms with Gasteiger partial charge in [-0.15, -0.1) is 0 Å². The molecule has 1 heterocycles. The van der Waals surface area contributed by atoms with Crippen molar-refractivity contribution in [2.75, 3.05) is 14.2 Å². The number of hydrogen-bond donors (Lipinski definition) is 1. The Hall–Kier alpha value is -2.57. The van der Waals surface area contributed by atoms with Gasteiger partial charge in [0.2, 0.25) is 5.89 Å². The summed E-state index contributed by atoms with van der Waals surface area (Å²) in [7, 11) is 3.06. The van der Waals surface area contributed by atoms with Crippen LogP contribution < -0.4 is 14.8 Å². The molecule has 0 unspecified atom stereocenters. The van der Waals surface area contributed by atoms with E-state index in [2.05, 4.69) is 15.5 Å². The van der Waals surface area contributed by atoms with Crippen molar-refractivity contribution < 1.29 is 18.8 Å². The average Bonchev–Trinajstić information content (AvgIpc) is 3.00. The number of carbonyl (C=O) groups is 1. The van der Waals surface area contributed by atoms with Crippen molar-refractivity contribution in [2.24, 2.45) is 0 Å². The van der Waals surface area contributed by atoms with E-state index >= 15 is 0 Å². The number of ether oxygens (including phenoxy) is 2. The van der Waals surface area contributed by atoms with Crippen molar-refractivity contribution in [3.8, 4) is 11.5 Å². The lowest BCUT2D eigenvalue weighted by atomic mass is 10.2. The van der Waals surface area contributed by atoms with Crippen LogP contribution in [-0.2, 0) is 13.0 Å². The van der Waals surface area contributed by atoms with Crippen LogP contribution in [0.1, 0.15) is 29.0 Å². The minimum Gasteiger partial charge on any atom is -0.497 e. The number of hydrogen-bond acceptors (Lipinski definition) is 6. The van der Waals surface area contributed by atoms with Gasteiger partial charge in [0, 0.05) is 18.1 Å². The molecule has 1 aromatic carbocycles. The van der Waals surface area contributed by atoms with E-state index in [1.54, 1.807) is 18.2 Å². The number of rotatable bonds is 6. The standard InChI is InChI=1S/C14H17N3O4/c1-4-13-16-12(17-21-13)8-15-14(18)9-5-10(19-2)7-11(6-9)20-3/h5-7H,4,8H2,1-3H3,(H,15,18). The molecule has 7 nitrogen and oxygen atoms in total. The molecule has 0 bridgehead atoms. The molecule has 112 valence electrons. The molecule has 7 heteroatoms. The van der Waals surface area contributed by atoms with Gasteiger partial charge in [-0.1, -0.05) is 12.1 Å². The number of carbonyl (C=O) groups excluding carboxylic acids is 1. The van der Waals surface area contributed by atoms with Crippen LogP contribution in [0.4, 0.5) is 0 Å². The Kier molecular flexibility index (Phi) is 4.76. The lowest BCUT2D eigenvalue weighted by Crippen LogP contribution is -2.23. The van der Waals surface area contributed by atoms with E-state index in [-0.39, 0.29) is 12.5 Å². The number of nitrogens with one attached hydrogen (secondary N) is 1. The maximum Gasteiger partial charge on any atom is 0.251 e. The van der Waals surface area contributed by atoms with Crippen LogP contribution >= 0.6 is 0 Å². The Morgan fingerprint density at radius 1 is 1.24 bits per heavy atom. The Morgan fingerprint density at radius 2 is 1.90 bits per heavy atom. The molecule has 0 fully saturated rings. The summed E-state index contributed by atoms with van der Waals surface area (Å²) in [5, 5.41) is 6.49. The third kappa shape index (κ3) is 3.71. The van der Waals surface area contributed by atoms with Gasteiger partial charge in [0.05, 0.1) is 20.8 Å². The van der Waals surface area contributed by atoms with Crippen LogP contribution in [-0.4, -0.2) is 30.3 Å². The predicted octanol–water partition coefficient (Wildman–Crippen LogP) is 1.58. The first kappa shape index (κ1) is 14.8. The van der Waals surface area contributed by atoms with Crippen LogP contribution in [0.25, 0.3) is 0 Å². The van der Waals surface area contributed by atoms with Gasteiger partial charge in [-0.2, -0.15) is 4.98 Å². The number of amides is 1. The summed E-state index contributed by atoms with van der Waals surface area (Å²) in [5.74, 6) is 1.81. The molecule has 2 rings (SSSR count). The second-order valence-corrected chi connectivity index (χ2v) is 4.24. The number of benzene rings is 1. The summed E-state index contributed by atoms with van der Waals surface area (Å²) in [5.41, 5.74) is 0.436. The maximum atomic E-state index is 12.1. The van der Waals surface area contributed by atoms with Crippen molar-refractivity contribution in [2.45, 2.75) is 19.9 Å². The van der Waals surface area contributed by atoms with Crippen molar-refractivity contribution in [1.82, 2.24) is 15.5 Å². The summed E-state index contributed by atoms with van der Waals surface area (Å²) >= 11 is 0. The molecule has 0 spiro atoms. The molecular weight excluding hydrogens is 274 g/mol. The van der Waals surface area contributed by atoms with Gasteiger partial charge < -0.3 is 19.3 Å². The van der Waals surface area contributed by atoms with Crippen molar-refractivity contribution in [1.29, 1.82) is 0 Å². The number of nitrogens with zero attached hydrogens (tertiary/aromatic N) is 2. The van der Waals surface area contributed by atoms with Crippen LogP contribution in [0.2, 0.25) is 0 Å². The first-order valence-electron chi connectivity index (χ1n) is 6.49. The number of aryl methyl sites for hydroxylation is 1. The van der Waals surface area contributed by atoms with Crippen LogP contribution in [0.15, 0.2) is 22.7 Å². The number of methoxy groups -OCH3 is 2. The average molecular weight is 291 g/mol. The summed E-state index contributed by atoms with van der Waals surface area (Å²) in [6.07, 6.45) is 0.661. The summed E-state index contributed by atoms with van der Waals surface area (Å²) < 4.78 is 15.2. The fourth-order valence-electron chi connectivity index (χ4n) is 1.71. The van der Waals surface area contributed by atoms with Gasteiger partial charge in [-0.3, -0.25) is 4.79 Å². The lowest BCUT2D eigenvalue weighted by Gasteiger charge is -2.08. The fourth-order valence-corrected chi connectivity index (χ4v) is 1.71. The van der Waals surface area contributed by atoms with Crippen LogP contribution in [0, 0.1) is 0 Å². The highest BCUT2D eigenvalue weighted by atomic mass is 16.5. The summed E-state index contributed by atoms with van der Waals surface area (Å²) in [6, 6.07) is 4.96. The Balaban J connectivity index is 2.05. The topological polar surface area (TPSA) is 86.5 Å². The van der Waals surface area contributed by atoms with Crippen molar-refractivity contribution in [3.05, 3.63) is 35.5 Å². The summed E-state index contributed by atoms with van der Waals surface area (Å²) in [6.45, 7) is 2.11. The van der Waals surface area contributed by atoms with E-state index in [1.807, 2.05) is 6.92 Å². The predicted molar refractivity (Wildman–Crippen MR) is 74.4 cm³/mol. The normalized spacial score (nSPS) is 10.2. The minimum absolute atomic E-state index is 0.196. The molecule has 0 atom stereocenters. The molecule has 0 saturated carbocycles. The number of aromatic nitrogens is 2. The third-order valence-electron chi connectivity index (χ3n) is 2.83. The fraction of sp³-hybridized carbons (Fsp3) is 0.357. The molecule has 0 aliphatic rings. The molecule has 1 aromatic heterocycles. The van der Waals surface area contributed by atoms with Gasteiger partial charge in [-0.05, 0) is 12.1 Å². The molecule has 0 radical (unpaired) electrons. The highest BCUT2D eigenvalue weighted by Gasteiger charge is 2.11. The second-order valence-electron chi connectivity index (χ2n) is 4.24. The van der Waals surface area contributed by atoms with Gasteiger partial charge in [0.25, 0.3) is 5.91 Å². The molecule has 0 saturated heterocycles. The highest BCUT2D eigenvalue weighted by molar-refractivity contribution is 5.95. The quantitative estimate of drug-likeness (QED) is 0.869. The van der Waals surface area contributed by atoms with E-state index in [4.69, 9.17) is 14.0 Å². The van der Waals surface area contributed by atoms with E-state index in [0.717, 1.165) is 0 Å². The van der Waals surface area contributed by atoms with Crippen LogP contribution in [0.3, 0.4) is 0 Å². The second kappa shape index (κ2) is 6.74. The molecule has 21 heavy (non-hydrogen) atoms. The zero-order chi connectivity index (χ0) is 15.2. The molecule has 0 aliphatic heterocycles. The molecule has 0 aliphatic carbocycles. The maximum absolute atomic E-state index is 12.1. The molecule has 2 aromatic rings. The van der Waals surface area contributed by atoms with Crippen LogP contribution in [0.5, 0.6) is 11.5 Å². The first-order chi connectivity index (χ1) is 10.2. The van der Waals surface area contributed by atoms with Gasteiger partial charge in [-0.25, -0.2) is 0 Å². The molecular formula is C14H17N3O4. The van der Waals surface area contributed by atoms with Crippen molar-refractivity contribution in [3.63, 3.8) is 0 Å². The van der Waals surface area contributed by atoms with Gasteiger partial charge >= 0.3 is 0 Å². The Morgan fingerprint density at radius 3 is 2.43 bits per heavy atom. The Labute approximate surface area is 122 Å². The van der Waals surface area contributed by atoms with E-state index < -0.39 is 0 Å². The van der Waals surface area contributed by atoms with Gasteiger partial charge in [0.1, 0.15) is 11.5 Å². The third-order valence-corrected chi connectivity index (χ3v) is 2.83.